The van der Waals surface area contributed by atoms with Crippen LogP contribution in [0.1, 0.15) is 18.4 Å². The minimum Gasteiger partial charge on any atom is -0.373 e. The molecule has 0 radical (unpaired) electrons. The predicted octanol–water partition coefficient (Wildman–Crippen LogP) is 2.39. The molecule has 2 amide bonds. The van der Waals surface area contributed by atoms with Crippen LogP contribution in [0.3, 0.4) is 0 Å². The lowest BCUT2D eigenvalue weighted by molar-refractivity contribution is -0.124. The van der Waals surface area contributed by atoms with Crippen LogP contribution >= 0.6 is 11.6 Å². The summed E-state index contributed by atoms with van der Waals surface area (Å²) in [6, 6.07) is 5.80. The maximum atomic E-state index is 13.2. The van der Waals surface area contributed by atoms with Crippen LogP contribution in [0, 0.1) is 17.7 Å². The van der Waals surface area contributed by atoms with Crippen LogP contribution in [0.15, 0.2) is 30.5 Å². The predicted molar refractivity (Wildman–Crippen MR) is 90.1 cm³/mol. The number of imide groups is 1. The van der Waals surface area contributed by atoms with Gasteiger partial charge in [0.25, 0.3) is 0 Å². The first-order valence-corrected chi connectivity index (χ1v) is 8.91. The van der Waals surface area contributed by atoms with Gasteiger partial charge in [-0.2, -0.15) is 5.10 Å². The zero-order chi connectivity index (χ0) is 18.0. The number of halogens is 2. The highest BCUT2D eigenvalue weighted by molar-refractivity contribution is 6.31. The summed E-state index contributed by atoms with van der Waals surface area (Å²) >= 11 is 6.05. The number of aromatic nitrogens is 2. The molecule has 3 aliphatic rings. The van der Waals surface area contributed by atoms with Gasteiger partial charge in [0.1, 0.15) is 5.82 Å². The fourth-order valence-corrected chi connectivity index (χ4v) is 4.55. The molecule has 3 fully saturated rings. The smallest absolute Gasteiger partial charge is 0.241 e. The van der Waals surface area contributed by atoms with Crippen molar-refractivity contribution in [1.29, 1.82) is 0 Å². The van der Waals surface area contributed by atoms with Gasteiger partial charge in [0.05, 0.1) is 30.6 Å². The topological polar surface area (TPSA) is 64.4 Å². The van der Waals surface area contributed by atoms with Crippen molar-refractivity contribution in [2.75, 3.05) is 4.90 Å². The molecule has 5 rings (SSSR count). The third-order valence-electron chi connectivity index (χ3n) is 5.49. The lowest BCUT2D eigenvalue weighted by Gasteiger charge is -2.15. The number of rotatable bonds is 3. The number of amides is 2. The van der Waals surface area contributed by atoms with Gasteiger partial charge in [-0.25, -0.2) is 9.29 Å². The molecule has 0 saturated carbocycles. The van der Waals surface area contributed by atoms with E-state index in [1.807, 2.05) is 0 Å². The molecule has 2 bridgehead atoms. The van der Waals surface area contributed by atoms with Gasteiger partial charge in [-0.05, 0) is 30.5 Å². The third kappa shape index (κ3) is 2.23. The highest BCUT2D eigenvalue weighted by Gasteiger charge is 2.63. The number of carbonyl (C=O) groups is 2. The largest absolute Gasteiger partial charge is 0.373 e. The van der Waals surface area contributed by atoms with Crippen molar-refractivity contribution in [2.24, 2.45) is 11.8 Å². The fourth-order valence-electron chi connectivity index (χ4n) is 4.32. The number of hydrogen-bond acceptors (Lipinski definition) is 4. The number of benzene rings is 1. The fraction of sp³-hybridized carbons (Fsp3) is 0.389. The van der Waals surface area contributed by atoms with E-state index in [0.29, 0.717) is 22.9 Å². The zero-order valence-electron chi connectivity index (χ0n) is 13.6. The second-order valence-electron chi connectivity index (χ2n) is 6.96. The van der Waals surface area contributed by atoms with Gasteiger partial charge in [0, 0.05) is 17.3 Å². The van der Waals surface area contributed by atoms with Gasteiger partial charge in [-0.1, -0.05) is 17.7 Å². The molecule has 0 N–H and O–H groups in total. The van der Waals surface area contributed by atoms with Gasteiger partial charge in [-0.3, -0.25) is 14.3 Å². The molecule has 8 heteroatoms. The minimum absolute atomic E-state index is 0.147. The van der Waals surface area contributed by atoms with Gasteiger partial charge in [0.15, 0.2) is 5.82 Å². The van der Waals surface area contributed by atoms with E-state index in [0.717, 1.165) is 12.8 Å². The van der Waals surface area contributed by atoms with E-state index >= 15 is 0 Å². The lowest BCUT2D eigenvalue weighted by Crippen LogP contribution is -2.34. The first kappa shape index (κ1) is 16.0. The van der Waals surface area contributed by atoms with Crippen molar-refractivity contribution in [3.63, 3.8) is 0 Å². The highest BCUT2D eigenvalue weighted by Crippen LogP contribution is 2.49. The molecule has 0 aliphatic carbocycles. The Hall–Kier alpha value is -2.25. The van der Waals surface area contributed by atoms with Crippen molar-refractivity contribution in [2.45, 2.75) is 31.6 Å². The van der Waals surface area contributed by atoms with E-state index < -0.39 is 5.82 Å². The van der Waals surface area contributed by atoms with Crippen molar-refractivity contribution < 1.29 is 18.7 Å². The Balaban J connectivity index is 1.40. The van der Waals surface area contributed by atoms with E-state index in [1.54, 1.807) is 23.0 Å². The summed E-state index contributed by atoms with van der Waals surface area (Å²) in [7, 11) is 0. The SMILES string of the molecule is O=C1[C@@H]2[C@H](C(=O)N1c1ccn(Cc3ccc(F)cc3Cl)n1)[C@H]1CC[C@@H]2O1. The van der Waals surface area contributed by atoms with Crippen molar-refractivity contribution >= 4 is 29.2 Å². The zero-order valence-corrected chi connectivity index (χ0v) is 14.4. The van der Waals surface area contributed by atoms with Gasteiger partial charge in [-0.15, -0.1) is 0 Å². The van der Waals surface area contributed by atoms with Crippen molar-refractivity contribution in [3.8, 4) is 0 Å². The number of nitrogens with zero attached hydrogens (tertiary/aromatic N) is 3. The summed E-state index contributed by atoms with van der Waals surface area (Å²) in [5.74, 6) is -1.30. The molecule has 0 spiro atoms. The lowest BCUT2D eigenvalue weighted by atomic mass is 9.81. The Morgan fingerprint density at radius 1 is 1.15 bits per heavy atom. The average Bonchev–Trinajstić information content (AvgIpc) is 3.35. The molecule has 134 valence electrons. The maximum Gasteiger partial charge on any atom is 0.241 e. The summed E-state index contributed by atoms with van der Waals surface area (Å²) in [6.45, 7) is 0.316. The van der Waals surface area contributed by atoms with Gasteiger partial charge in [0.2, 0.25) is 11.8 Å². The molecule has 1 aromatic carbocycles. The Morgan fingerprint density at radius 3 is 2.50 bits per heavy atom. The summed E-state index contributed by atoms with van der Waals surface area (Å²) in [5, 5.41) is 4.66. The van der Waals surface area contributed by atoms with Crippen LogP contribution in [0.25, 0.3) is 0 Å². The quantitative estimate of drug-likeness (QED) is 0.773. The first-order valence-electron chi connectivity index (χ1n) is 8.53. The standard InChI is InChI=1S/C18H15ClFN3O3/c19-11-7-10(20)2-1-9(11)8-22-6-5-14(21-22)23-17(24)15-12-3-4-13(26-12)16(15)18(23)25/h1-2,5-7,12-13,15-16H,3-4,8H2/t12-,13+,15-,16+. The number of hydrogen-bond donors (Lipinski definition) is 0. The molecule has 3 saturated heterocycles. The van der Waals surface area contributed by atoms with Crippen LogP contribution in [-0.2, 0) is 20.9 Å². The highest BCUT2D eigenvalue weighted by atomic mass is 35.5. The third-order valence-corrected chi connectivity index (χ3v) is 5.84. The second-order valence-corrected chi connectivity index (χ2v) is 7.37. The summed E-state index contributed by atoms with van der Waals surface area (Å²) in [5.41, 5.74) is 0.699. The van der Waals surface area contributed by atoms with E-state index in [1.165, 1.54) is 17.0 Å². The van der Waals surface area contributed by atoms with Crippen LogP contribution in [0.4, 0.5) is 10.2 Å². The number of fused-ring (bicyclic) bond motifs is 5. The van der Waals surface area contributed by atoms with E-state index in [2.05, 4.69) is 5.10 Å². The Morgan fingerprint density at radius 2 is 1.85 bits per heavy atom. The normalized spacial score (nSPS) is 29.7. The van der Waals surface area contributed by atoms with Crippen LogP contribution in [0.2, 0.25) is 5.02 Å². The molecule has 2 aromatic rings. The molecule has 4 atom stereocenters. The van der Waals surface area contributed by atoms with Crippen LogP contribution in [0.5, 0.6) is 0 Å². The summed E-state index contributed by atoms with van der Waals surface area (Å²) < 4.78 is 20.5. The van der Waals surface area contributed by atoms with Crippen molar-refractivity contribution in [3.05, 3.63) is 46.9 Å². The van der Waals surface area contributed by atoms with Crippen LogP contribution in [-0.4, -0.2) is 33.8 Å². The first-order chi connectivity index (χ1) is 12.5. The average molecular weight is 376 g/mol. The van der Waals surface area contributed by atoms with Gasteiger partial charge < -0.3 is 4.74 Å². The van der Waals surface area contributed by atoms with E-state index in [9.17, 15) is 14.0 Å². The Bertz CT molecular complexity index is 902. The molecule has 0 unspecified atom stereocenters. The number of anilines is 1. The Kier molecular flexibility index (Phi) is 3.45. The van der Waals surface area contributed by atoms with E-state index in [-0.39, 0.29) is 35.9 Å². The second kappa shape index (κ2) is 5.62. The minimum atomic E-state index is -0.406. The molecular formula is C18H15ClFN3O3. The maximum absolute atomic E-state index is 13.2. The summed E-state index contributed by atoms with van der Waals surface area (Å²) in [6.07, 6.45) is 3.04. The molecule has 4 heterocycles. The van der Waals surface area contributed by atoms with Crippen molar-refractivity contribution in [1.82, 2.24) is 9.78 Å². The number of ether oxygens (including phenoxy) is 1. The van der Waals surface area contributed by atoms with Crippen LogP contribution < -0.4 is 4.90 Å². The molecule has 26 heavy (non-hydrogen) atoms. The Labute approximate surface area is 153 Å². The number of carbonyl (C=O) groups excluding carboxylic acids is 2. The molecule has 3 aliphatic heterocycles. The molecular weight excluding hydrogens is 361 g/mol. The van der Waals surface area contributed by atoms with E-state index in [4.69, 9.17) is 16.3 Å². The summed E-state index contributed by atoms with van der Waals surface area (Å²) in [4.78, 5) is 26.7. The monoisotopic (exact) mass is 375 g/mol. The van der Waals surface area contributed by atoms with Gasteiger partial charge >= 0.3 is 0 Å². The molecule has 1 aromatic heterocycles. The molecule has 6 nitrogen and oxygen atoms in total.